The summed E-state index contributed by atoms with van der Waals surface area (Å²) in [4.78, 5) is 17.6. The van der Waals surface area contributed by atoms with Crippen molar-refractivity contribution in [2.24, 2.45) is 0 Å². The lowest BCUT2D eigenvalue weighted by atomic mass is 10.1. The Balaban J connectivity index is 2.02. The molecule has 4 nitrogen and oxygen atoms in total. The van der Waals surface area contributed by atoms with Crippen molar-refractivity contribution in [2.75, 3.05) is 26.7 Å². The number of carbonyl (C=O) groups excluding carboxylic acids is 1. The second-order valence-corrected chi connectivity index (χ2v) is 7.46. The van der Waals surface area contributed by atoms with Gasteiger partial charge in [0.1, 0.15) is 6.10 Å². The van der Waals surface area contributed by atoms with Crippen LogP contribution in [-0.4, -0.2) is 54.5 Å². The largest absolute Gasteiger partial charge is 0.370 e. The molecular formula is C15H23ClN2O2S. The van der Waals surface area contributed by atoms with Gasteiger partial charge in [0.25, 0.3) is 0 Å². The maximum absolute atomic E-state index is 12.5. The first-order valence-corrected chi connectivity index (χ1v) is 8.47. The van der Waals surface area contributed by atoms with Gasteiger partial charge < -0.3 is 9.64 Å². The maximum Gasteiger partial charge on any atom is 0.239 e. The highest BCUT2D eigenvalue weighted by Crippen LogP contribution is 2.31. The van der Waals surface area contributed by atoms with Crippen LogP contribution in [0.15, 0.2) is 12.1 Å². The van der Waals surface area contributed by atoms with Crippen molar-refractivity contribution in [3.05, 3.63) is 21.3 Å². The fraction of sp³-hybridized carbons (Fsp3) is 0.667. The van der Waals surface area contributed by atoms with Gasteiger partial charge in [0.2, 0.25) is 5.91 Å². The minimum atomic E-state index is -0.126. The van der Waals surface area contributed by atoms with E-state index in [1.807, 2.05) is 40.0 Å². The van der Waals surface area contributed by atoms with E-state index in [-0.39, 0.29) is 24.1 Å². The van der Waals surface area contributed by atoms with Crippen molar-refractivity contribution in [1.82, 2.24) is 9.80 Å². The van der Waals surface area contributed by atoms with E-state index in [0.717, 1.165) is 22.3 Å². The van der Waals surface area contributed by atoms with Gasteiger partial charge in [-0.25, -0.2) is 0 Å². The average molecular weight is 331 g/mol. The lowest BCUT2D eigenvalue weighted by Gasteiger charge is -2.37. The Kier molecular flexibility index (Phi) is 5.66. The topological polar surface area (TPSA) is 32.8 Å². The number of nitrogens with zero attached hydrogens (tertiary/aromatic N) is 2. The minimum Gasteiger partial charge on any atom is -0.370 e. The Morgan fingerprint density at radius 1 is 1.48 bits per heavy atom. The molecule has 0 N–H and O–H groups in total. The zero-order chi connectivity index (χ0) is 15.6. The van der Waals surface area contributed by atoms with Gasteiger partial charge >= 0.3 is 0 Å². The molecule has 1 saturated heterocycles. The van der Waals surface area contributed by atoms with Crippen LogP contribution in [0.25, 0.3) is 0 Å². The van der Waals surface area contributed by atoms with E-state index in [9.17, 15) is 4.79 Å². The summed E-state index contributed by atoms with van der Waals surface area (Å²) < 4.78 is 6.60. The molecule has 0 radical (unpaired) electrons. The predicted octanol–water partition coefficient (Wildman–Crippen LogP) is 3.03. The molecule has 0 aromatic carbocycles. The summed E-state index contributed by atoms with van der Waals surface area (Å²) in [5.41, 5.74) is 0. The normalized spacial score (nSPS) is 21.5. The van der Waals surface area contributed by atoms with Crippen LogP contribution in [0.4, 0.5) is 0 Å². The monoisotopic (exact) mass is 330 g/mol. The fourth-order valence-electron chi connectivity index (χ4n) is 2.40. The number of rotatable bonds is 4. The highest BCUT2D eigenvalue weighted by molar-refractivity contribution is 7.16. The summed E-state index contributed by atoms with van der Waals surface area (Å²) in [6, 6.07) is 3.99. The molecule has 2 heterocycles. The molecule has 2 atom stereocenters. The summed E-state index contributed by atoms with van der Waals surface area (Å²) >= 11 is 7.54. The summed E-state index contributed by atoms with van der Waals surface area (Å²) in [7, 11) is 1.86. The van der Waals surface area contributed by atoms with E-state index < -0.39 is 0 Å². The van der Waals surface area contributed by atoms with Gasteiger partial charge in [-0.05, 0) is 32.9 Å². The van der Waals surface area contributed by atoms with E-state index in [2.05, 4.69) is 4.90 Å². The third-order valence-corrected chi connectivity index (χ3v) is 5.36. The van der Waals surface area contributed by atoms with Crippen LogP contribution in [0.3, 0.4) is 0 Å². The van der Waals surface area contributed by atoms with Gasteiger partial charge in [-0.3, -0.25) is 9.69 Å². The van der Waals surface area contributed by atoms with Gasteiger partial charge in [0, 0.05) is 31.1 Å². The SMILES string of the molecule is CC(C)N(C)C(=O)[C@@H](C)N1CCO[C@@H](c2ccc(Cl)s2)C1. The van der Waals surface area contributed by atoms with Gasteiger partial charge in [0.05, 0.1) is 17.0 Å². The second-order valence-electron chi connectivity index (χ2n) is 5.72. The molecule has 118 valence electrons. The molecule has 1 aliphatic heterocycles. The van der Waals surface area contributed by atoms with E-state index in [4.69, 9.17) is 16.3 Å². The number of amides is 1. The number of ether oxygens (including phenoxy) is 1. The number of halogens is 1. The third-order valence-electron chi connectivity index (χ3n) is 4.04. The van der Waals surface area contributed by atoms with E-state index in [1.165, 1.54) is 0 Å². The van der Waals surface area contributed by atoms with Crippen LogP contribution in [0, 0.1) is 0 Å². The van der Waals surface area contributed by atoms with Crippen molar-refractivity contribution < 1.29 is 9.53 Å². The molecule has 0 bridgehead atoms. The van der Waals surface area contributed by atoms with E-state index in [1.54, 1.807) is 16.2 Å². The van der Waals surface area contributed by atoms with Crippen LogP contribution in [0.2, 0.25) is 4.34 Å². The number of hydrogen-bond donors (Lipinski definition) is 0. The van der Waals surface area contributed by atoms with Crippen molar-refractivity contribution in [2.45, 2.75) is 39.0 Å². The molecule has 21 heavy (non-hydrogen) atoms. The molecule has 0 aliphatic carbocycles. The van der Waals surface area contributed by atoms with E-state index in [0.29, 0.717) is 6.61 Å². The zero-order valence-electron chi connectivity index (χ0n) is 13.0. The number of morpholine rings is 1. The molecule has 1 fully saturated rings. The lowest BCUT2D eigenvalue weighted by Crippen LogP contribution is -2.51. The molecule has 0 unspecified atom stereocenters. The first-order valence-electron chi connectivity index (χ1n) is 7.27. The summed E-state index contributed by atoms with van der Waals surface area (Å²) in [6.07, 6.45) is 0.0101. The average Bonchev–Trinajstić information content (AvgIpc) is 2.91. The summed E-state index contributed by atoms with van der Waals surface area (Å²) in [6.45, 7) is 8.19. The summed E-state index contributed by atoms with van der Waals surface area (Å²) in [5, 5.41) is 0. The zero-order valence-corrected chi connectivity index (χ0v) is 14.6. The molecule has 0 saturated carbocycles. The Morgan fingerprint density at radius 3 is 2.76 bits per heavy atom. The predicted molar refractivity (Wildman–Crippen MR) is 87.0 cm³/mol. The van der Waals surface area contributed by atoms with Crippen LogP contribution in [0.5, 0.6) is 0 Å². The van der Waals surface area contributed by atoms with Gasteiger partial charge in [-0.1, -0.05) is 11.6 Å². The minimum absolute atomic E-state index is 0.0101. The third kappa shape index (κ3) is 3.97. The van der Waals surface area contributed by atoms with Gasteiger partial charge in [0.15, 0.2) is 0 Å². The van der Waals surface area contributed by atoms with Crippen molar-refractivity contribution >= 4 is 28.8 Å². The highest BCUT2D eigenvalue weighted by atomic mass is 35.5. The Bertz CT molecular complexity index is 492. The standard InChI is InChI=1S/C15H23ClN2O2S/c1-10(2)17(4)15(19)11(3)18-7-8-20-12(9-18)13-5-6-14(16)21-13/h5-6,10-12H,7-9H2,1-4H3/t11-,12-/m1/s1. The van der Waals surface area contributed by atoms with Crippen molar-refractivity contribution in [3.8, 4) is 0 Å². The molecule has 1 aromatic rings. The number of likely N-dealkylation sites (N-methyl/N-ethyl adjacent to an activating group) is 1. The molecule has 0 spiro atoms. The van der Waals surface area contributed by atoms with Crippen LogP contribution in [-0.2, 0) is 9.53 Å². The van der Waals surface area contributed by atoms with E-state index >= 15 is 0 Å². The number of carbonyl (C=O) groups is 1. The second kappa shape index (κ2) is 7.09. The number of thiophene rings is 1. The van der Waals surface area contributed by atoms with Crippen LogP contribution < -0.4 is 0 Å². The quantitative estimate of drug-likeness (QED) is 0.850. The van der Waals surface area contributed by atoms with Crippen molar-refractivity contribution in [3.63, 3.8) is 0 Å². The molecule has 1 aromatic heterocycles. The first kappa shape index (κ1) is 16.7. The van der Waals surface area contributed by atoms with Crippen LogP contribution >= 0.6 is 22.9 Å². The molecule has 6 heteroatoms. The molecular weight excluding hydrogens is 308 g/mol. The lowest BCUT2D eigenvalue weighted by molar-refractivity contribution is -0.139. The fourth-order valence-corrected chi connectivity index (χ4v) is 3.50. The Morgan fingerprint density at radius 2 is 2.19 bits per heavy atom. The van der Waals surface area contributed by atoms with Gasteiger partial charge in [-0.15, -0.1) is 11.3 Å². The summed E-state index contributed by atoms with van der Waals surface area (Å²) in [5.74, 6) is 0.162. The Labute approximate surface area is 135 Å². The molecule has 2 rings (SSSR count). The smallest absolute Gasteiger partial charge is 0.239 e. The first-order chi connectivity index (χ1) is 9.90. The highest BCUT2D eigenvalue weighted by Gasteiger charge is 2.31. The van der Waals surface area contributed by atoms with Crippen molar-refractivity contribution in [1.29, 1.82) is 0 Å². The maximum atomic E-state index is 12.5. The van der Waals surface area contributed by atoms with Gasteiger partial charge in [-0.2, -0.15) is 0 Å². The van der Waals surface area contributed by atoms with Crippen LogP contribution in [0.1, 0.15) is 31.8 Å². The number of hydrogen-bond acceptors (Lipinski definition) is 4. The molecule has 1 amide bonds. The Hall–Kier alpha value is -0.620. The molecule has 1 aliphatic rings.